The molecule has 1 rings (SSSR count). The van der Waals surface area contributed by atoms with Gasteiger partial charge in [0.05, 0.1) is 17.9 Å². The lowest BCUT2D eigenvalue weighted by molar-refractivity contribution is -0.149. The first kappa shape index (κ1) is 14.5. The van der Waals surface area contributed by atoms with Gasteiger partial charge in [-0.05, 0) is 38.5 Å². The van der Waals surface area contributed by atoms with Gasteiger partial charge in [0, 0.05) is 6.54 Å². The smallest absolute Gasteiger partial charge is 0.308 e. The Morgan fingerprint density at radius 3 is 2.47 bits per heavy atom. The minimum atomic E-state index is -0.0598. The third kappa shape index (κ3) is 5.06. The number of alkyl halides is 1. The van der Waals surface area contributed by atoms with Crippen LogP contribution in [0.5, 0.6) is 0 Å². The number of carbonyl (C=O) groups excluding carboxylic acids is 2. The SMILES string of the molecule is CCOC(=O)C1CCC(CNC(=O)CBr)CC1. The molecule has 0 saturated heterocycles. The molecular weight excluding hydrogens is 286 g/mol. The molecule has 0 bridgehead atoms. The van der Waals surface area contributed by atoms with E-state index in [1.807, 2.05) is 6.92 Å². The number of hydrogen-bond donors (Lipinski definition) is 1. The van der Waals surface area contributed by atoms with Gasteiger partial charge in [-0.25, -0.2) is 0 Å². The average molecular weight is 306 g/mol. The van der Waals surface area contributed by atoms with Gasteiger partial charge in [0.25, 0.3) is 0 Å². The number of esters is 1. The van der Waals surface area contributed by atoms with E-state index in [4.69, 9.17) is 4.74 Å². The lowest BCUT2D eigenvalue weighted by atomic mass is 9.82. The normalized spacial score (nSPS) is 24.1. The summed E-state index contributed by atoms with van der Waals surface area (Å²) in [6.45, 7) is 3.01. The molecule has 1 aliphatic carbocycles. The van der Waals surface area contributed by atoms with Gasteiger partial charge in [-0.15, -0.1) is 0 Å². The van der Waals surface area contributed by atoms with E-state index < -0.39 is 0 Å². The zero-order valence-corrected chi connectivity index (χ0v) is 11.8. The molecule has 0 aromatic carbocycles. The first-order valence-corrected chi connectivity index (χ1v) is 7.28. The zero-order valence-electron chi connectivity index (χ0n) is 10.2. The summed E-state index contributed by atoms with van der Waals surface area (Å²) in [6.07, 6.45) is 3.75. The fourth-order valence-corrected chi connectivity index (χ4v) is 2.37. The van der Waals surface area contributed by atoms with E-state index in [0.717, 1.165) is 32.2 Å². The molecule has 5 heteroatoms. The van der Waals surface area contributed by atoms with Crippen LogP contribution in [-0.4, -0.2) is 30.4 Å². The van der Waals surface area contributed by atoms with E-state index in [9.17, 15) is 9.59 Å². The summed E-state index contributed by atoms with van der Waals surface area (Å²) in [5.74, 6) is 0.537. The summed E-state index contributed by atoms with van der Waals surface area (Å²) in [4.78, 5) is 22.6. The molecule has 1 amide bonds. The Balaban J connectivity index is 2.21. The molecule has 0 atom stereocenters. The number of nitrogens with one attached hydrogen (secondary N) is 1. The summed E-state index contributed by atoms with van der Waals surface area (Å²) in [5, 5.41) is 3.22. The van der Waals surface area contributed by atoms with Crippen molar-refractivity contribution in [2.24, 2.45) is 11.8 Å². The molecule has 0 unspecified atom stereocenters. The number of ether oxygens (including phenoxy) is 1. The maximum atomic E-state index is 11.5. The van der Waals surface area contributed by atoms with Gasteiger partial charge < -0.3 is 10.1 Å². The molecule has 0 aromatic heterocycles. The molecule has 4 nitrogen and oxygen atoms in total. The molecule has 0 spiro atoms. The number of amides is 1. The maximum absolute atomic E-state index is 11.5. The van der Waals surface area contributed by atoms with E-state index in [0.29, 0.717) is 17.9 Å². The van der Waals surface area contributed by atoms with Crippen LogP contribution in [0.2, 0.25) is 0 Å². The Labute approximate surface area is 111 Å². The van der Waals surface area contributed by atoms with E-state index in [2.05, 4.69) is 21.2 Å². The molecule has 1 N–H and O–H groups in total. The third-order valence-electron chi connectivity index (χ3n) is 3.18. The van der Waals surface area contributed by atoms with Crippen LogP contribution in [0.3, 0.4) is 0 Å². The molecule has 0 radical (unpaired) electrons. The Hall–Kier alpha value is -0.580. The third-order valence-corrected chi connectivity index (χ3v) is 3.69. The molecule has 0 aromatic rings. The highest BCUT2D eigenvalue weighted by molar-refractivity contribution is 9.09. The number of rotatable bonds is 5. The Morgan fingerprint density at radius 1 is 1.29 bits per heavy atom. The van der Waals surface area contributed by atoms with Crippen LogP contribution in [-0.2, 0) is 14.3 Å². The van der Waals surface area contributed by atoms with Crippen LogP contribution in [0.25, 0.3) is 0 Å². The molecule has 0 aliphatic heterocycles. The van der Waals surface area contributed by atoms with Crippen molar-refractivity contribution in [2.75, 3.05) is 18.5 Å². The minimum Gasteiger partial charge on any atom is -0.466 e. The number of halogens is 1. The Bertz CT molecular complexity index is 262. The molecule has 17 heavy (non-hydrogen) atoms. The average Bonchev–Trinajstić information content (AvgIpc) is 2.36. The van der Waals surface area contributed by atoms with Crippen molar-refractivity contribution in [2.45, 2.75) is 32.6 Å². The quantitative estimate of drug-likeness (QED) is 0.623. The van der Waals surface area contributed by atoms with Crippen molar-refractivity contribution < 1.29 is 14.3 Å². The highest BCUT2D eigenvalue weighted by atomic mass is 79.9. The van der Waals surface area contributed by atoms with Crippen molar-refractivity contribution in [1.29, 1.82) is 0 Å². The summed E-state index contributed by atoms with van der Waals surface area (Å²) in [5.41, 5.74) is 0. The predicted molar refractivity (Wildman–Crippen MR) is 68.9 cm³/mol. The van der Waals surface area contributed by atoms with Crippen molar-refractivity contribution in [3.05, 3.63) is 0 Å². The van der Waals surface area contributed by atoms with E-state index >= 15 is 0 Å². The van der Waals surface area contributed by atoms with Crippen molar-refractivity contribution in [3.8, 4) is 0 Å². The van der Waals surface area contributed by atoms with Crippen molar-refractivity contribution in [1.82, 2.24) is 5.32 Å². The van der Waals surface area contributed by atoms with E-state index in [-0.39, 0.29) is 17.8 Å². The second-order valence-electron chi connectivity index (χ2n) is 4.41. The van der Waals surface area contributed by atoms with Gasteiger partial charge in [0.1, 0.15) is 0 Å². The van der Waals surface area contributed by atoms with E-state index in [1.165, 1.54) is 0 Å². The van der Waals surface area contributed by atoms with Gasteiger partial charge in [0.15, 0.2) is 0 Å². The Kier molecular flexibility index (Phi) is 6.55. The second kappa shape index (κ2) is 7.69. The topological polar surface area (TPSA) is 55.4 Å². The lowest BCUT2D eigenvalue weighted by Crippen LogP contribution is -2.33. The summed E-state index contributed by atoms with van der Waals surface area (Å²) in [6, 6.07) is 0. The second-order valence-corrected chi connectivity index (χ2v) is 4.97. The van der Waals surface area contributed by atoms with Gasteiger partial charge in [-0.3, -0.25) is 9.59 Å². The van der Waals surface area contributed by atoms with Crippen molar-refractivity contribution >= 4 is 27.8 Å². The summed E-state index contributed by atoms with van der Waals surface area (Å²) >= 11 is 3.11. The first-order chi connectivity index (χ1) is 8.17. The van der Waals surface area contributed by atoms with Gasteiger partial charge in [-0.1, -0.05) is 15.9 Å². The van der Waals surface area contributed by atoms with Gasteiger partial charge in [-0.2, -0.15) is 0 Å². The molecule has 1 saturated carbocycles. The van der Waals surface area contributed by atoms with E-state index in [1.54, 1.807) is 0 Å². The van der Waals surface area contributed by atoms with Crippen LogP contribution in [0, 0.1) is 11.8 Å². The molecule has 98 valence electrons. The van der Waals surface area contributed by atoms with Gasteiger partial charge >= 0.3 is 5.97 Å². The largest absolute Gasteiger partial charge is 0.466 e. The highest BCUT2D eigenvalue weighted by Gasteiger charge is 2.27. The van der Waals surface area contributed by atoms with Crippen LogP contribution in [0.4, 0.5) is 0 Å². The monoisotopic (exact) mass is 305 g/mol. The standard InChI is InChI=1S/C12H20BrNO3/c1-2-17-12(16)10-5-3-9(4-6-10)8-14-11(15)7-13/h9-10H,2-8H2,1H3,(H,14,15). The van der Waals surface area contributed by atoms with Crippen LogP contribution in [0.1, 0.15) is 32.6 Å². The number of hydrogen-bond acceptors (Lipinski definition) is 3. The lowest BCUT2D eigenvalue weighted by Gasteiger charge is -2.27. The minimum absolute atomic E-state index is 0.0255. The van der Waals surface area contributed by atoms with Gasteiger partial charge in [0.2, 0.25) is 5.91 Å². The summed E-state index contributed by atoms with van der Waals surface area (Å²) in [7, 11) is 0. The molecule has 1 aliphatic rings. The maximum Gasteiger partial charge on any atom is 0.308 e. The van der Waals surface area contributed by atoms with Crippen LogP contribution in [0.15, 0.2) is 0 Å². The van der Waals surface area contributed by atoms with Crippen molar-refractivity contribution in [3.63, 3.8) is 0 Å². The zero-order chi connectivity index (χ0) is 12.7. The van der Waals surface area contributed by atoms with Crippen LogP contribution < -0.4 is 5.32 Å². The fraction of sp³-hybridized carbons (Fsp3) is 0.833. The number of carbonyl (C=O) groups is 2. The Morgan fingerprint density at radius 2 is 1.94 bits per heavy atom. The fourth-order valence-electron chi connectivity index (χ4n) is 2.17. The molecular formula is C12H20BrNO3. The predicted octanol–water partition coefficient (Wildman–Crippen LogP) is 1.87. The molecule has 0 heterocycles. The van der Waals surface area contributed by atoms with Crippen LogP contribution >= 0.6 is 15.9 Å². The first-order valence-electron chi connectivity index (χ1n) is 6.16. The molecule has 1 fully saturated rings. The highest BCUT2D eigenvalue weighted by Crippen LogP contribution is 2.29. The summed E-state index contributed by atoms with van der Waals surface area (Å²) < 4.78 is 5.02.